The predicted molar refractivity (Wildman–Crippen MR) is 157 cm³/mol. The number of non-ortho nitro benzene ring substituents is 1. The van der Waals surface area contributed by atoms with Crippen molar-refractivity contribution < 1.29 is 24.0 Å². The van der Waals surface area contributed by atoms with Crippen molar-refractivity contribution in [2.75, 3.05) is 6.61 Å². The van der Waals surface area contributed by atoms with Gasteiger partial charge in [0.2, 0.25) is 0 Å². The number of carbonyl (C=O) groups excluding carboxylic acids is 2. The normalized spacial score (nSPS) is 12.6. The Bertz CT molecular complexity index is 1810. The van der Waals surface area contributed by atoms with E-state index in [1.807, 2.05) is 48.7 Å². The molecular weight excluding hydrogens is 552 g/mol. The summed E-state index contributed by atoms with van der Waals surface area (Å²) in [7, 11) is 0. The van der Waals surface area contributed by atoms with Gasteiger partial charge in [-0.25, -0.2) is 14.3 Å². The standard InChI is InChI=1S/C31H30N6O6/c1-5-31(4,43-29(38)22-9-11-24(12-10-22)37(40)41)27-19-35(34-33-27)18-21-13-14-36-25(15-21)16-26(30(39)42-6-2)28(36)23-8-7-20(3)32-17-23/h7-17,19H,5-6,18H2,1-4H3. The largest absolute Gasteiger partial charge is 0.462 e. The Balaban J connectivity index is 1.39. The molecule has 12 heteroatoms. The number of nitrogens with zero attached hydrogens (tertiary/aromatic N) is 6. The first-order chi connectivity index (χ1) is 20.6. The molecule has 0 fully saturated rings. The topological polar surface area (TPSA) is 144 Å². The van der Waals surface area contributed by atoms with Gasteiger partial charge in [-0.05, 0) is 75.2 Å². The minimum Gasteiger partial charge on any atom is -0.462 e. The first-order valence-electron chi connectivity index (χ1n) is 13.7. The maximum absolute atomic E-state index is 12.8. The van der Waals surface area contributed by atoms with Crippen molar-refractivity contribution >= 4 is 23.1 Å². The Labute approximate surface area is 247 Å². The number of hydrogen-bond donors (Lipinski definition) is 0. The highest BCUT2D eigenvalue weighted by atomic mass is 16.6. The molecule has 43 heavy (non-hydrogen) atoms. The van der Waals surface area contributed by atoms with Crippen LogP contribution >= 0.6 is 0 Å². The molecule has 0 N–H and O–H groups in total. The van der Waals surface area contributed by atoms with Crippen LogP contribution in [0.2, 0.25) is 0 Å². The highest BCUT2D eigenvalue weighted by Gasteiger charge is 2.33. The summed E-state index contributed by atoms with van der Waals surface area (Å²) in [6, 6.07) is 14.8. The minimum absolute atomic E-state index is 0.114. The molecule has 0 aliphatic heterocycles. The van der Waals surface area contributed by atoms with E-state index < -0.39 is 22.5 Å². The number of fused-ring (bicyclic) bond motifs is 1. The molecule has 220 valence electrons. The molecule has 0 amide bonds. The lowest BCUT2D eigenvalue weighted by Gasteiger charge is -2.26. The second kappa shape index (κ2) is 11.8. The van der Waals surface area contributed by atoms with Gasteiger partial charge in [-0.2, -0.15) is 0 Å². The molecular formula is C31H30N6O6. The highest BCUT2D eigenvalue weighted by Crippen LogP contribution is 2.31. The molecule has 4 heterocycles. The molecule has 5 aromatic rings. The van der Waals surface area contributed by atoms with Crippen LogP contribution in [-0.2, 0) is 21.6 Å². The summed E-state index contributed by atoms with van der Waals surface area (Å²) in [4.78, 5) is 40.5. The molecule has 1 unspecified atom stereocenters. The van der Waals surface area contributed by atoms with Crippen LogP contribution in [-0.4, -0.2) is 47.8 Å². The predicted octanol–water partition coefficient (Wildman–Crippen LogP) is 5.52. The smallest absolute Gasteiger partial charge is 0.340 e. The number of pyridine rings is 2. The number of ether oxygens (including phenoxy) is 2. The summed E-state index contributed by atoms with van der Waals surface area (Å²) in [6.07, 6.45) is 5.78. The number of nitro benzene ring substituents is 1. The zero-order valence-corrected chi connectivity index (χ0v) is 24.2. The van der Waals surface area contributed by atoms with Gasteiger partial charge in [0.05, 0.1) is 41.1 Å². The van der Waals surface area contributed by atoms with Gasteiger partial charge in [-0.1, -0.05) is 12.1 Å². The average molecular weight is 583 g/mol. The Kier molecular flexibility index (Phi) is 8.02. The summed E-state index contributed by atoms with van der Waals surface area (Å²) in [6.45, 7) is 7.92. The second-order valence-corrected chi connectivity index (χ2v) is 10.2. The lowest BCUT2D eigenvalue weighted by atomic mass is 9.99. The Morgan fingerprint density at radius 3 is 2.47 bits per heavy atom. The fourth-order valence-corrected chi connectivity index (χ4v) is 4.68. The van der Waals surface area contributed by atoms with Crippen molar-refractivity contribution in [3.05, 3.63) is 111 Å². The van der Waals surface area contributed by atoms with Gasteiger partial charge in [0.25, 0.3) is 5.69 Å². The van der Waals surface area contributed by atoms with Gasteiger partial charge in [-0.3, -0.25) is 15.1 Å². The summed E-state index contributed by atoms with van der Waals surface area (Å²) in [5, 5.41) is 19.5. The molecule has 0 spiro atoms. The van der Waals surface area contributed by atoms with Gasteiger partial charge in [-0.15, -0.1) is 5.10 Å². The number of aromatic nitrogens is 5. The van der Waals surface area contributed by atoms with Crippen molar-refractivity contribution in [1.29, 1.82) is 0 Å². The molecule has 0 saturated heterocycles. The summed E-state index contributed by atoms with van der Waals surface area (Å²) in [5.74, 6) is -1.03. The van der Waals surface area contributed by atoms with Crippen LogP contribution in [0.15, 0.2) is 73.2 Å². The molecule has 0 aliphatic carbocycles. The maximum atomic E-state index is 12.8. The molecule has 0 saturated carbocycles. The minimum atomic E-state index is -1.08. The SMILES string of the molecule is CCOC(=O)c1cc2cc(Cn3cc(C(C)(CC)OC(=O)c4ccc([N+](=O)[O-])cc4)nn3)ccn2c1-c1ccc(C)nc1. The van der Waals surface area contributed by atoms with Gasteiger partial charge in [0, 0.05) is 41.3 Å². The lowest BCUT2D eigenvalue weighted by molar-refractivity contribution is -0.384. The van der Waals surface area contributed by atoms with Crippen molar-refractivity contribution in [1.82, 2.24) is 24.4 Å². The summed E-state index contributed by atoms with van der Waals surface area (Å²) in [5.41, 5.74) is 3.99. The number of aryl methyl sites for hydroxylation is 1. The van der Waals surface area contributed by atoms with E-state index in [-0.39, 0.29) is 17.9 Å². The van der Waals surface area contributed by atoms with Crippen molar-refractivity contribution in [3.8, 4) is 11.3 Å². The van der Waals surface area contributed by atoms with Crippen LogP contribution in [0.5, 0.6) is 0 Å². The molecule has 0 bridgehead atoms. The molecule has 5 rings (SSSR count). The fraction of sp³-hybridized carbons (Fsp3) is 0.258. The van der Waals surface area contributed by atoms with E-state index in [0.717, 1.165) is 22.3 Å². The summed E-state index contributed by atoms with van der Waals surface area (Å²) >= 11 is 0. The number of nitro groups is 1. The van der Waals surface area contributed by atoms with Crippen LogP contribution in [0.1, 0.15) is 64.9 Å². The Morgan fingerprint density at radius 2 is 1.81 bits per heavy atom. The second-order valence-electron chi connectivity index (χ2n) is 10.2. The number of rotatable bonds is 10. The first-order valence-corrected chi connectivity index (χ1v) is 13.7. The van der Waals surface area contributed by atoms with E-state index in [4.69, 9.17) is 9.47 Å². The van der Waals surface area contributed by atoms with Gasteiger partial charge in [0.1, 0.15) is 5.69 Å². The van der Waals surface area contributed by atoms with Crippen LogP contribution in [0.25, 0.3) is 16.8 Å². The van der Waals surface area contributed by atoms with Crippen molar-refractivity contribution in [3.63, 3.8) is 0 Å². The molecule has 1 atom stereocenters. The molecule has 0 radical (unpaired) electrons. The van der Waals surface area contributed by atoms with Crippen molar-refractivity contribution in [2.45, 2.75) is 46.3 Å². The Hall–Kier alpha value is -5.39. The van der Waals surface area contributed by atoms with E-state index in [0.29, 0.717) is 29.9 Å². The van der Waals surface area contributed by atoms with E-state index in [1.165, 1.54) is 24.3 Å². The Morgan fingerprint density at radius 1 is 1.05 bits per heavy atom. The van der Waals surface area contributed by atoms with E-state index in [9.17, 15) is 19.7 Å². The number of hydrogen-bond acceptors (Lipinski definition) is 9. The monoisotopic (exact) mass is 582 g/mol. The molecule has 1 aromatic carbocycles. The molecule has 12 nitrogen and oxygen atoms in total. The lowest BCUT2D eigenvalue weighted by Crippen LogP contribution is -2.29. The molecule has 4 aromatic heterocycles. The fourth-order valence-electron chi connectivity index (χ4n) is 4.68. The quantitative estimate of drug-likeness (QED) is 0.118. The first kappa shape index (κ1) is 29.1. The maximum Gasteiger partial charge on any atom is 0.340 e. The zero-order chi connectivity index (χ0) is 30.7. The van der Waals surface area contributed by atoms with E-state index >= 15 is 0 Å². The van der Waals surface area contributed by atoms with E-state index in [2.05, 4.69) is 15.3 Å². The highest BCUT2D eigenvalue weighted by molar-refractivity contribution is 5.99. The average Bonchev–Trinajstić information content (AvgIpc) is 3.63. The third-order valence-corrected chi connectivity index (χ3v) is 7.25. The van der Waals surface area contributed by atoms with Crippen LogP contribution in [0, 0.1) is 17.0 Å². The number of carbonyl (C=O) groups is 2. The zero-order valence-electron chi connectivity index (χ0n) is 24.2. The third-order valence-electron chi connectivity index (χ3n) is 7.25. The van der Waals surface area contributed by atoms with Crippen LogP contribution in [0.3, 0.4) is 0 Å². The van der Waals surface area contributed by atoms with Crippen LogP contribution in [0.4, 0.5) is 5.69 Å². The number of benzene rings is 1. The molecule has 0 aliphatic rings. The van der Waals surface area contributed by atoms with E-state index in [1.54, 1.807) is 37.0 Å². The van der Waals surface area contributed by atoms with Gasteiger partial charge < -0.3 is 13.9 Å². The van der Waals surface area contributed by atoms with Crippen LogP contribution < -0.4 is 0 Å². The van der Waals surface area contributed by atoms with Gasteiger partial charge in [0.15, 0.2) is 5.60 Å². The van der Waals surface area contributed by atoms with Gasteiger partial charge >= 0.3 is 11.9 Å². The van der Waals surface area contributed by atoms with Crippen molar-refractivity contribution in [2.24, 2.45) is 0 Å². The number of esters is 2. The third kappa shape index (κ3) is 5.98. The summed E-state index contributed by atoms with van der Waals surface area (Å²) < 4.78 is 14.7.